The predicted octanol–water partition coefficient (Wildman–Crippen LogP) is 3.94. The molecule has 0 aliphatic heterocycles. The van der Waals surface area contributed by atoms with Gasteiger partial charge in [-0.05, 0) is 48.9 Å². The Morgan fingerprint density at radius 2 is 1.81 bits per heavy atom. The highest BCUT2D eigenvalue weighted by Crippen LogP contribution is 2.20. The molecule has 0 bridgehead atoms. The Kier molecular flexibility index (Phi) is 5.64. The smallest absolute Gasteiger partial charge is 0.120 e. The topological polar surface area (TPSA) is 30.5 Å². The van der Waals surface area contributed by atoms with Crippen molar-refractivity contribution in [3.63, 3.8) is 0 Å². The minimum atomic E-state index is 0.333. The number of hydrogen-bond donors (Lipinski definition) is 1. The summed E-state index contributed by atoms with van der Waals surface area (Å²) in [6.07, 6.45) is 0. The third-order valence-corrected chi connectivity index (χ3v) is 3.43. The van der Waals surface area contributed by atoms with Crippen molar-refractivity contribution in [1.29, 1.82) is 0 Å². The first-order valence-electron chi connectivity index (χ1n) is 7.32. The number of ether oxygens (including phenoxy) is 2. The van der Waals surface area contributed by atoms with Crippen LogP contribution in [-0.4, -0.2) is 13.7 Å². The third kappa shape index (κ3) is 4.50. The molecule has 2 aromatic rings. The minimum Gasteiger partial charge on any atom is -0.497 e. The maximum absolute atomic E-state index is 5.87. The van der Waals surface area contributed by atoms with Gasteiger partial charge in [0.05, 0.1) is 7.11 Å². The van der Waals surface area contributed by atoms with Crippen molar-refractivity contribution < 1.29 is 9.47 Å². The Hall–Kier alpha value is -2.00. The van der Waals surface area contributed by atoms with Gasteiger partial charge in [0.2, 0.25) is 0 Å². The molecule has 3 heteroatoms. The Bertz CT molecular complexity index is 551. The fraction of sp³-hybridized carbons (Fsp3) is 0.333. The standard InChI is InChI=1S/C18H23NO2/c1-4-19-14(2)16-6-5-7-18(12-16)21-13-15-8-10-17(20-3)11-9-15/h5-12,14,19H,4,13H2,1-3H3. The molecule has 0 aromatic heterocycles. The monoisotopic (exact) mass is 285 g/mol. The lowest BCUT2D eigenvalue weighted by Crippen LogP contribution is -2.17. The van der Waals surface area contributed by atoms with Crippen molar-refractivity contribution in [3.05, 3.63) is 59.7 Å². The van der Waals surface area contributed by atoms with Crippen LogP contribution in [0.25, 0.3) is 0 Å². The number of methoxy groups -OCH3 is 1. The van der Waals surface area contributed by atoms with E-state index in [1.54, 1.807) is 7.11 Å². The SMILES string of the molecule is CCNC(C)c1cccc(OCc2ccc(OC)cc2)c1. The van der Waals surface area contributed by atoms with Crippen molar-refractivity contribution in [1.82, 2.24) is 5.32 Å². The molecule has 2 aromatic carbocycles. The molecule has 0 spiro atoms. The van der Waals surface area contributed by atoms with Crippen LogP contribution in [0.4, 0.5) is 0 Å². The number of nitrogens with one attached hydrogen (secondary N) is 1. The molecule has 0 saturated heterocycles. The zero-order valence-electron chi connectivity index (χ0n) is 12.9. The fourth-order valence-electron chi connectivity index (χ4n) is 2.19. The molecule has 0 saturated carbocycles. The highest BCUT2D eigenvalue weighted by atomic mass is 16.5. The number of rotatable bonds is 7. The molecule has 0 fully saturated rings. The van der Waals surface area contributed by atoms with Crippen LogP contribution in [0, 0.1) is 0 Å². The largest absolute Gasteiger partial charge is 0.497 e. The van der Waals surface area contributed by atoms with Gasteiger partial charge in [0.1, 0.15) is 18.1 Å². The summed E-state index contributed by atoms with van der Waals surface area (Å²) in [5.41, 5.74) is 2.37. The summed E-state index contributed by atoms with van der Waals surface area (Å²) >= 11 is 0. The van der Waals surface area contributed by atoms with Crippen LogP contribution in [0.5, 0.6) is 11.5 Å². The van der Waals surface area contributed by atoms with Gasteiger partial charge in [0.25, 0.3) is 0 Å². The minimum absolute atomic E-state index is 0.333. The summed E-state index contributed by atoms with van der Waals surface area (Å²) < 4.78 is 11.0. The first-order chi connectivity index (χ1) is 10.2. The molecule has 0 aliphatic rings. The zero-order valence-corrected chi connectivity index (χ0v) is 12.9. The summed E-state index contributed by atoms with van der Waals surface area (Å²) in [5.74, 6) is 1.76. The van der Waals surface area contributed by atoms with Crippen LogP contribution >= 0.6 is 0 Å². The summed E-state index contributed by atoms with van der Waals surface area (Å²) in [6.45, 7) is 5.79. The van der Waals surface area contributed by atoms with E-state index < -0.39 is 0 Å². The van der Waals surface area contributed by atoms with E-state index in [1.807, 2.05) is 36.4 Å². The van der Waals surface area contributed by atoms with Crippen LogP contribution in [0.2, 0.25) is 0 Å². The van der Waals surface area contributed by atoms with E-state index in [9.17, 15) is 0 Å². The van der Waals surface area contributed by atoms with E-state index in [0.29, 0.717) is 12.6 Å². The molecule has 21 heavy (non-hydrogen) atoms. The van der Waals surface area contributed by atoms with Gasteiger partial charge in [-0.1, -0.05) is 31.2 Å². The quantitative estimate of drug-likeness (QED) is 0.835. The lowest BCUT2D eigenvalue weighted by Gasteiger charge is -2.14. The Balaban J connectivity index is 1.97. The second kappa shape index (κ2) is 7.70. The van der Waals surface area contributed by atoms with Crippen LogP contribution in [-0.2, 0) is 6.61 Å². The van der Waals surface area contributed by atoms with Crippen LogP contribution in [0.3, 0.4) is 0 Å². The number of benzene rings is 2. The van der Waals surface area contributed by atoms with Gasteiger partial charge in [-0.2, -0.15) is 0 Å². The molecule has 1 atom stereocenters. The Morgan fingerprint density at radius 1 is 1.05 bits per heavy atom. The van der Waals surface area contributed by atoms with E-state index in [1.165, 1.54) is 5.56 Å². The molecule has 0 radical (unpaired) electrons. The highest BCUT2D eigenvalue weighted by molar-refractivity contribution is 5.31. The van der Waals surface area contributed by atoms with Crippen molar-refractivity contribution in [2.45, 2.75) is 26.5 Å². The van der Waals surface area contributed by atoms with Gasteiger partial charge in [0, 0.05) is 6.04 Å². The molecule has 3 nitrogen and oxygen atoms in total. The summed E-state index contributed by atoms with van der Waals surface area (Å²) in [7, 11) is 1.67. The second-order valence-corrected chi connectivity index (χ2v) is 4.99. The highest BCUT2D eigenvalue weighted by Gasteiger charge is 2.05. The van der Waals surface area contributed by atoms with Gasteiger partial charge >= 0.3 is 0 Å². The maximum Gasteiger partial charge on any atom is 0.120 e. The third-order valence-electron chi connectivity index (χ3n) is 3.43. The summed E-state index contributed by atoms with van der Waals surface area (Å²) in [4.78, 5) is 0. The van der Waals surface area contributed by atoms with Gasteiger partial charge in [-0.3, -0.25) is 0 Å². The molecular weight excluding hydrogens is 262 g/mol. The van der Waals surface area contributed by atoms with Gasteiger partial charge in [-0.25, -0.2) is 0 Å². The molecule has 112 valence electrons. The van der Waals surface area contributed by atoms with E-state index in [-0.39, 0.29) is 0 Å². The molecule has 0 amide bonds. The van der Waals surface area contributed by atoms with Gasteiger partial charge < -0.3 is 14.8 Å². The van der Waals surface area contributed by atoms with E-state index in [2.05, 4.69) is 31.3 Å². The number of hydrogen-bond acceptors (Lipinski definition) is 3. The Morgan fingerprint density at radius 3 is 2.48 bits per heavy atom. The molecule has 0 aliphatic carbocycles. The molecule has 1 N–H and O–H groups in total. The molecule has 2 rings (SSSR count). The summed E-state index contributed by atoms with van der Waals surface area (Å²) in [6, 6.07) is 16.5. The predicted molar refractivity (Wildman–Crippen MR) is 85.9 cm³/mol. The van der Waals surface area contributed by atoms with Crippen molar-refractivity contribution in [3.8, 4) is 11.5 Å². The van der Waals surface area contributed by atoms with E-state index in [4.69, 9.17) is 9.47 Å². The second-order valence-electron chi connectivity index (χ2n) is 4.99. The fourth-order valence-corrected chi connectivity index (χ4v) is 2.19. The van der Waals surface area contributed by atoms with Crippen LogP contribution in [0.15, 0.2) is 48.5 Å². The molecular formula is C18H23NO2. The lowest BCUT2D eigenvalue weighted by molar-refractivity contribution is 0.305. The van der Waals surface area contributed by atoms with E-state index >= 15 is 0 Å². The zero-order chi connectivity index (χ0) is 15.1. The van der Waals surface area contributed by atoms with Crippen molar-refractivity contribution in [2.75, 3.05) is 13.7 Å². The van der Waals surface area contributed by atoms with Crippen LogP contribution < -0.4 is 14.8 Å². The molecule has 0 heterocycles. The van der Waals surface area contributed by atoms with Gasteiger partial charge in [-0.15, -0.1) is 0 Å². The van der Waals surface area contributed by atoms with Crippen molar-refractivity contribution >= 4 is 0 Å². The first kappa shape index (κ1) is 15.4. The van der Waals surface area contributed by atoms with Gasteiger partial charge in [0.15, 0.2) is 0 Å². The van der Waals surface area contributed by atoms with Crippen molar-refractivity contribution in [2.24, 2.45) is 0 Å². The Labute approximate surface area is 126 Å². The first-order valence-corrected chi connectivity index (χ1v) is 7.32. The maximum atomic E-state index is 5.87. The van der Waals surface area contributed by atoms with E-state index in [0.717, 1.165) is 23.6 Å². The molecule has 1 unspecified atom stereocenters. The average molecular weight is 285 g/mol. The van der Waals surface area contributed by atoms with Crippen LogP contribution in [0.1, 0.15) is 31.0 Å². The normalized spacial score (nSPS) is 12.0. The summed E-state index contributed by atoms with van der Waals surface area (Å²) in [5, 5.41) is 3.41. The lowest BCUT2D eigenvalue weighted by atomic mass is 10.1. The average Bonchev–Trinajstić information content (AvgIpc) is 2.54.